The Balaban J connectivity index is 1.87. The van der Waals surface area contributed by atoms with Crippen molar-refractivity contribution in [3.05, 3.63) is 72.8 Å². The minimum absolute atomic E-state index is 0.575. The molecule has 0 fully saturated rings. The van der Waals surface area contributed by atoms with Crippen LogP contribution in [0.5, 0.6) is 0 Å². The lowest BCUT2D eigenvalue weighted by Gasteiger charge is -2.10. The quantitative estimate of drug-likeness (QED) is 0.534. The molecule has 0 saturated heterocycles. The highest BCUT2D eigenvalue weighted by atomic mass is 32.2. The molecule has 4 nitrogen and oxygen atoms in total. The number of rotatable bonds is 5. The van der Waals surface area contributed by atoms with Gasteiger partial charge in [-0.2, -0.15) is 0 Å². The normalized spacial score (nSPS) is 12.2. The van der Waals surface area contributed by atoms with E-state index in [-0.39, 0.29) is 0 Å². The van der Waals surface area contributed by atoms with Gasteiger partial charge in [-0.1, -0.05) is 72.4 Å². The van der Waals surface area contributed by atoms with Crippen LogP contribution in [0.4, 0.5) is 0 Å². The maximum Gasteiger partial charge on any atom is 0.166 e. The summed E-state index contributed by atoms with van der Waals surface area (Å²) in [4.78, 5) is 18.8. The minimum atomic E-state index is -1.10. The lowest BCUT2D eigenvalue weighted by molar-refractivity contribution is -0.304. The van der Waals surface area contributed by atoms with Crippen LogP contribution in [0, 0.1) is 0 Å². The fourth-order valence-electron chi connectivity index (χ4n) is 3.02. The predicted octanol–water partition coefficient (Wildman–Crippen LogP) is 4.13. The van der Waals surface area contributed by atoms with E-state index in [0.717, 1.165) is 45.0 Å². The molecular formula is C22H17N2O2S-. The molecule has 134 valence electrons. The van der Waals surface area contributed by atoms with Crippen LogP contribution in [0.3, 0.4) is 0 Å². The first-order chi connectivity index (χ1) is 13.1. The van der Waals surface area contributed by atoms with Gasteiger partial charge in [0.05, 0.1) is 17.0 Å². The summed E-state index contributed by atoms with van der Waals surface area (Å²) < 4.78 is 0. The molecule has 0 aliphatic rings. The van der Waals surface area contributed by atoms with Crippen molar-refractivity contribution < 1.29 is 9.90 Å². The smallest absolute Gasteiger partial charge is 0.166 e. The molecule has 0 amide bonds. The molecule has 0 unspecified atom stereocenters. The third-order valence-corrected chi connectivity index (χ3v) is 5.35. The van der Waals surface area contributed by atoms with Crippen molar-refractivity contribution in [1.82, 2.24) is 9.97 Å². The lowest BCUT2D eigenvalue weighted by atomic mass is 9.94. The van der Waals surface area contributed by atoms with Gasteiger partial charge in [0.1, 0.15) is 0 Å². The first-order valence-corrected chi connectivity index (χ1v) is 9.52. The Bertz CT molecular complexity index is 1010. The average molecular weight is 373 g/mol. The number of H-pyrrole nitrogens is 1. The van der Waals surface area contributed by atoms with Crippen LogP contribution in [0.1, 0.15) is 6.92 Å². The Labute approximate surface area is 161 Å². The summed E-state index contributed by atoms with van der Waals surface area (Å²) in [6.45, 7) is 1.60. The molecular weight excluding hydrogens is 356 g/mol. The molecule has 0 aliphatic carbocycles. The largest absolute Gasteiger partial charge is 0.549 e. The molecule has 4 rings (SSSR count). The fourth-order valence-corrected chi connectivity index (χ4v) is 3.77. The summed E-state index contributed by atoms with van der Waals surface area (Å²) in [5.74, 6) is -1.10. The van der Waals surface area contributed by atoms with Gasteiger partial charge in [-0.15, -0.1) is 0 Å². The lowest BCUT2D eigenvalue weighted by Crippen LogP contribution is -2.31. The Morgan fingerprint density at radius 1 is 0.963 bits per heavy atom. The van der Waals surface area contributed by atoms with Crippen LogP contribution in [-0.2, 0) is 4.79 Å². The first-order valence-electron chi connectivity index (χ1n) is 8.64. The molecule has 1 N–H and O–H groups in total. The number of fused-ring (bicyclic) bond motifs is 1. The number of carboxylic acid groups (broad SMARTS) is 1. The molecule has 1 aromatic heterocycles. The summed E-state index contributed by atoms with van der Waals surface area (Å²) in [7, 11) is 0. The maximum atomic E-state index is 11.0. The van der Waals surface area contributed by atoms with E-state index in [4.69, 9.17) is 0 Å². The minimum Gasteiger partial charge on any atom is -0.549 e. The zero-order valence-corrected chi connectivity index (χ0v) is 15.5. The van der Waals surface area contributed by atoms with Gasteiger partial charge in [0.2, 0.25) is 0 Å². The van der Waals surface area contributed by atoms with Gasteiger partial charge in [0.25, 0.3) is 0 Å². The third kappa shape index (κ3) is 3.59. The third-order valence-electron chi connectivity index (χ3n) is 4.39. The highest BCUT2D eigenvalue weighted by Crippen LogP contribution is 2.36. The van der Waals surface area contributed by atoms with Crippen molar-refractivity contribution in [2.24, 2.45) is 0 Å². The number of thioether (sulfide) groups is 1. The van der Waals surface area contributed by atoms with Gasteiger partial charge in [0.15, 0.2) is 5.16 Å². The highest BCUT2D eigenvalue weighted by molar-refractivity contribution is 8.00. The van der Waals surface area contributed by atoms with E-state index in [1.807, 2.05) is 36.4 Å². The van der Waals surface area contributed by atoms with Crippen LogP contribution in [0.2, 0.25) is 0 Å². The van der Waals surface area contributed by atoms with E-state index in [2.05, 4.69) is 46.4 Å². The standard InChI is InChI=1S/C22H18N2O2S/c1-14(21(25)26)27-22-23-19-12-17(15-8-4-2-5-9-15)18(13-20(19)24-22)16-10-6-3-7-11-16/h2-14H,1H3,(H,23,24)(H,25,26)/p-1/t14-/m1/s1. The molecule has 5 heteroatoms. The Kier molecular flexibility index (Phi) is 4.69. The molecule has 0 radical (unpaired) electrons. The zero-order chi connectivity index (χ0) is 18.8. The number of aliphatic carboxylic acids is 1. The number of hydrogen-bond acceptors (Lipinski definition) is 4. The summed E-state index contributed by atoms with van der Waals surface area (Å²) in [5, 5.41) is 10.9. The summed E-state index contributed by atoms with van der Waals surface area (Å²) >= 11 is 1.15. The summed E-state index contributed by atoms with van der Waals surface area (Å²) in [6, 6.07) is 24.5. The number of hydrogen-bond donors (Lipinski definition) is 1. The van der Waals surface area contributed by atoms with Crippen LogP contribution in [-0.4, -0.2) is 21.2 Å². The molecule has 4 aromatic rings. The van der Waals surface area contributed by atoms with Crippen molar-refractivity contribution in [2.45, 2.75) is 17.3 Å². The van der Waals surface area contributed by atoms with Gasteiger partial charge >= 0.3 is 0 Å². The van der Waals surface area contributed by atoms with E-state index in [1.54, 1.807) is 6.92 Å². The number of nitrogens with one attached hydrogen (secondary N) is 1. The second-order valence-corrected chi connectivity index (χ2v) is 7.60. The fraction of sp³-hybridized carbons (Fsp3) is 0.0909. The Morgan fingerprint density at radius 3 is 2.07 bits per heavy atom. The highest BCUT2D eigenvalue weighted by Gasteiger charge is 2.14. The van der Waals surface area contributed by atoms with Crippen molar-refractivity contribution in [3.8, 4) is 22.3 Å². The predicted molar refractivity (Wildman–Crippen MR) is 107 cm³/mol. The molecule has 1 heterocycles. The monoisotopic (exact) mass is 373 g/mol. The number of imidazole rings is 1. The second-order valence-electron chi connectivity index (χ2n) is 6.27. The Hall–Kier alpha value is -3.05. The number of carboxylic acids is 1. The van der Waals surface area contributed by atoms with Gasteiger partial charge in [0, 0.05) is 5.25 Å². The summed E-state index contributed by atoms with van der Waals surface area (Å²) in [5.41, 5.74) is 6.10. The van der Waals surface area contributed by atoms with E-state index in [0.29, 0.717) is 5.16 Å². The number of nitrogens with zero attached hydrogens (tertiary/aromatic N) is 1. The van der Waals surface area contributed by atoms with Crippen LogP contribution < -0.4 is 5.11 Å². The van der Waals surface area contributed by atoms with E-state index in [9.17, 15) is 9.90 Å². The van der Waals surface area contributed by atoms with Gasteiger partial charge in [-0.3, -0.25) is 0 Å². The molecule has 3 aromatic carbocycles. The number of benzene rings is 3. The number of carbonyl (C=O) groups excluding carboxylic acids is 1. The van der Waals surface area contributed by atoms with Gasteiger partial charge in [-0.05, 0) is 41.3 Å². The van der Waals surface area contributed by atoms with Gasteiger partial charge in [-0.25, -0.2) is 4.98 Å². The van der Waals surface area contributed by atoms with Crippen LogP contribution in [0.25, 0.3) is 33.3 Å². The zero-order valence-electron chi connectivity index (χ0n) is 14.7. The second kappa shape index (κ2) is 7.29. The molecule has 0 bridgehead atoms. The van der Waals surface area contributed by atoms with Crippen LogP contribution >= 0.6 is 11.8 Å². The van der Waals surface area contributed by atoms with Gasteiger partial charge < -0.3 is 14.9 Å². The number of aromatic amines is 1. The molecule has 0 aliphatic heterocycles. The van der Waals surface area contributed by atoms with E-state index < -0.39 is 11.2 Å². The van der Waals surface area contributed by atoms with Crippen molar-refractivity contribution in [2.75, 3.05) is 0 Å². The van der Waals surface area contributed by atoms with E-state index >= 15 is 0 Å². The molecule has 27 heavy (non-hydrogen) atoms. The number of carbonyl (C=O) groups is 1. The molecule has 0 saturated carbocycles. The molecule has 0 spiro atoms. The van der Waals surface area contributed by atoms with Crippen molar-refractivity contribution in [3.63, 3.8) is 0 Å². The SMILES string of the molecule is C[C@@H](Sc1nc2cc(-c3ccccc3)c(-c3ccccc3)cc2[nH]1)C(=O)[O-]. The first kappa shape index (κ1) is 17.4. The molecule has 1 atom stereocenters. The van der Waals surface area contributed by atoms with Crippen molar-refractivity contribution >= 4 is 28.8 Å². The van der Waals surface area contributed by atoms with Crippen LogP contribution in [0.15, 0.2) is 78.0 Å². The number of aromatic nitrogens is 2. The van der Waals surface area contributed by atoms with Crippen molar-refractivity contribution in [1.29, 1.82) is 0 Å². The summed E-state index contributed by atoms with van der Waals surface area (Å²) in [6.07, 6.45) is 0. The van der Waals surface area contributed by atoms with E-state index in [1.165, 1.54) is 0 Å². The average Bonchev–Trinajstić information content (AvgIpc) is 3.09. The maximum absolute atomic E-state index is 11.0. The topological polar surface area (TPSA) is 68.8 Å². The Morgan fingerprint density at radius 2 is 1.52 bits per heavy atom.